The maximum absolute atomic E-state index is 13.8. The fraction of sp³-hybridized carbons (Fsp3) is 0.105. The lowest BCUT2D eigenvalue weighted by Crippen LogP contribution is -2.09. The maximum atomic E-state index is 13.8. The van der Waals surface area contributed by atoms with Gasteiger partial charge in [-0.05, 0) is 23.6 Å². The Kier molecular flexibility index (Phi) is 4.15. The summed E-state index contributed by atoms with van der Waals surface area (Å²) < 4.78 is 29.1. The number of fused-ring (bicyclic) bond motifs is 1. The van der Waals surface area contributed by atoms with Crippen molar-refractivity contribution in [2.75, 3.05) is 11.1 Å². The molecule has 0 bridgehead atoms. The van der Waals surface area contributed by atoms with Crippen molar-refractivity contribution in [2.45, 2.75) is 6.54 Å². The Labute approximate surface area is 153 Å². The van der Waals surface area contributed by atoms with Gasteiger partial charge in [-0.25, -0.2) is 8.78 Å². The van der Waals surface area contributed by atoms with Crippen LogP contribution < -0.4 is 11.1 Å². The number of nitrogen functional groups attached to an aromatic ring is 1. The highest BCUT2D eigenvalue weighted by atomic mass is 19.2. The van der Waals surface area contributed by atoms with Crippen LogP contribution in [0.3, 0.4) is 0 Å². The van der Waals surface area contributed by atoms with E-state index in [0.717, 1.165) is 22.5 Å². The Bertz CT molecular complexity index is 1140. The van der Waals surface area contributed by atoms with E-state index in [1.807, 2.05) is 42.1 Å². The molecule has 0 saturated heterocycles. The summed E-state index contributed by atoms with van der Waals surface area (Å²) in [6, 6.07) is 11.8. The second kappa shape index (κ2) is 6.64. The molecule has 0 unspecified atom stereocenters. The Morgan fingerprint density at radius 1 is 1.07 bits per heavy atom. The summed E-state index contributed by atoms with van der Waals surface area (Å²) in [6.07, 6.45) is 1.97. The molecule has 2 heterocycles. The third kappa shape index (κ3) is 3.29. The van der Waals surface area contributed by atoms with Gasteiger partial charge in [-0.15, -0.1) is 0 Å². The van der Waals surface area contributed by atoms with Crippen LogP contribution in [-0.2, 0) is 13.6 Å². The van der Waals surface area contributed by atoms with Crippen LogP contribution in [0.5, 0.6) is 0 Å². The second-order valence-corrected chi connectivity index (χ2v) is 6.11. The van der Waals surface area contributed by atoms with Gasteiger partial charge in [0.1, 0.15) is 0 Å². The number of nitrogens with one attached hydrogen (secondary N) is 1. The Morgan fingerprint density at radius 2 is 1.93 bits per heavy atom. The summed E-state index contributed by atoms with van der Waals surface area (Å²) in [5.41, 5.74) is 7.77. The average molecular weight is 366 g/mol. The molecule has 4 aromatic rings. The summed E-state index contributed by atoms with van der Waals surface area (Å²) in [5, 5.41) is 3.97. The van der Waals surface area contributed by atoms with Crippen molar-refractivity contribution >= 4 is 22.8 Å². The van der Waals surface area contributed by atoms with E-state index in [4.69, 9.17) is 5.73 Å². The molecule has 8 heteroatoms. The molecular weight excluding hydrogens is 350 g/mol. The van der Waals surface area contributed by atoms with E-state index < -0.39 is 11.6 Å². The van der Waals surface area contributed by atoms with Gasteiger partial charge in [0.15, 0.2) is 17.5 Å². The predicted molar refractivity (Wildman–Crippen MR) is 99.8 cm³/mol. The van der Waals surface area contributed by atoms with E-state index in [0.29, 0.717) is 5.82 Å². The van der Waals surface area contributed by atoms with E-state index in [-0.39, 0.29) is 24.0 Å². The highest BCUT2D eigenvalue weighted by Gasteiger charge is 2.11. The number of aromatic nitrogens is 4. The van der Waals surface area contributed by atoms with Crippen molar-refractivity contribution in [3.63, 3.8) is 0 Å². The van der Waals surface area contributed by atoms with Crippen molar-refractivity contribution in [2.24, 2.45) is 7.05 Å². The predicted octanol–water partition coefficient (Wildman–Crippen LogP) is 3.50. The van der Waals surface area contributed by atoms with Crippen LogP contribution in [0.4, 0.5) is 20.7 Å². The number of nitrogens with two attached hydrogens (primary N) is 1. The van der Waals surface area contributed by atoms with Gasteiger partial charge < -0.3 is 15.6 Å². The van der Waals surface area contributed by atoms with E-state index in [1.165, 1.54) is 12.1 Å². The number of halogens is 2. The van der Waals surface area contributed by atoms with Crippen molar-refractivity contribution < 1.29 is 8.78 Å². The lowest BCUT2D eigenvalue weighted by molar-refractivity contribution is 0.500. The zero-order valence-electron chi connectivity index (χ0n) is 14.4. The van der Waals surface area contributed by atoms with Gasteiger partial charge in [-0.2, -0.15) is 15.0 Å². The number of benzene rings is 2. The summed E-state index contributed by atoms with van der Waals surface area (Å²) in [6.45, 7) is 0.0172. The molecule has 4 rings (SSSR count). The second-order valence-electron chi connectivity index (χ2n) is 6.11. The fourth-order valence-corrected chi connectivity index (χ4v) is 2.86. The van der Waals surface area contributed by atoms with Crippen LogP contribution in [0.25, 0.3) is 22.3 Å². The molecule has 0 aliphatic heterocycles. The number of anilines is 2. The number of hydrogen-bond donors (Lipinski definition) is 2. The van der Waals surface area contributed by atoms with Gasteiger partial charge in [-0.3, -0.25) is 0 Å². The first-order valence-corrected chi connectivity index (χ1v) is 8.25. The smallest absolute Gasteiger partial charge is 0.228 e. The average Bonchev–Trinajstić information content (AvgIpc) is 3.03. The Morgan fingerprint density at radius 3 is 2.78 bits per heavy atom. The van der Waals surface area contributed by atoms with Crippen molar-refractivity contribution in [1.82, 2.24) is 19.5 Å². The molecule has 2 aromatic heterocycles. The SMILES string of the molecule is Cn1ccc2ccc(-c3nc(N)nc(NCc4cccc(F)c4F)n3)cc21. The number of aryl methyl sites for hydroxylation is 1. The minimum absolute atomic E-state index is 0.0172. The molecule has 0 amide bonds. The topological polar surface area (TPSA) is 81.7 Å². The minimum Gasteiger partial charge on any atom is -0.368 e. The van der Waals surface area contributed by atoms with Gasteiger partial charge in [0.25, 0.3) is 0 Å². The van der Waals surface area contributed by atoms with Gasteiger partial charge >= 0.3 is 0 Å². The number of rotatable bonds is 4. The van der Waals surface area contributed by atoms with Crippen LogP contribution in [0, 0.1) is 11.6 Å². The maximum Gasteiger partial charge on any atom is 0.228 e. The van der Waals surface area contributed by atoms with E-state index in [1.54, 1.807) is 0 Å². The third-order valence-corrected chi connectivity index (χ3v) is 4.27. The van der Waals surface area contributed by atoms with Gasteiger partial charge in [0.2, 0.25) is 11.9 Å². The molecule has 0 saturated carbocycles. The molecule has 0 aliphatic rings. The standard InChI is InChI=1S/C19H16F2N6/c1-27-8-7-11-5-6-12(9-15(11)27)17-24-18(22)26-19(25-17)23-10-13-3-2-4-14(20)16(13)21/h2-9H,10H2,1H3,(H3,22,23,24,25,26). The highest BCUT2D eigenvalue weighted by molar-refractivity contribution is 5.84. The Balaban J connectivity index is 1.64. The van der Waals surface area contributed by atoms with Crippen molar-refractivity contribution in [3.8, 4) is 11.4 Å². The number of hydrogen-bond acceptors (Lipinski definition) is 5. The molecule has 0 spiro atoms. The zero-order valence-corrected chi connectivity index (χ0v) is 14.4. The van der Waals surface area contributed by atoms with Crippen LogP contribution in [0.1, 0.15) is 5.56 Å². The normalized spacial score (nSPS) is 11.1. The van der Waals surface area contributed by atoms with Crippen LogP contribution in [-0.4, -0.2) is 19.5 Å². The van der Waals surface area contributed by atoms with Gasteiger partial charge in [0.05, 0.1) is 0 Å². The summed E-state index contributed by atoms with van der Waals surface area (Å²) >= 11 is 0. The van der Waals surface area contributed by atoms with Gasteiger partial charge in [-0.1, -0.05) is 24.3 Å². The zero-order chi connectivity index (χ0) is 19.0. The molecule has 136 valence electrons. The first-order valence-electron chi connectivity index (χ1n) is 8.25. The molecule has 3 N–H and O–H groups in total. The van der Waals surface area contributed by atoms with E-state index in [9.17, 15) is 8.78 Å². The molecule has 0 radical (unpaired) electrons. The highest BCUT2D eigenvalue weighted by Crippen LogP contribution is 2.23. The first-order chi connectivity index (χ1) is 13.0. The van der Waals surface area contributed by atoms with Gasteiger partial charge in [0, 0.05) is 36.4 Å². The summed E-state index contributed by atoms with van der Waals surface area (Å²) in [5.74, 6) is -1.18. The largest absolute Gasteiger partial charge is 0.368 e. The minimum atomic E-state index is -0.902. The number of nitrogens with zero attached hydrogens (tertiary/aromatic N) is 4. The molecule has 6 nitrogen and oxygen atoms in total. The third-order valence-electron chi connectivity index (χ3n) is 4.27. The van der Waals surface area contributed by atoms with Crippen molar-refractivity contribution in [1.29, 1.82) is 0 Å². The van der Waals surface area contributed by atoms with Crippen LogP contribution in [0.15, 0.2) is 48.7 Å². The van der Waals surface area contributed by atoms with Crippen LogP contribution in [0.2, 0.25) is 0 Å². The lowest BCUT2D eigenvalue weighted by atomic mass is 10.1. The van der Waals surface area contributed by atoms with E-state index in [2.05, 4.69) is 20.3 Å². The molecule has 0 atom stereocenters. The monoisotopic (exact) mass is 366 g/mol. The van der Waals surface area contributed by atoms with E-state index >= 15 is 0 Å². The molecular formula is C19H16F2N6. The van der Waals surface area contributed by atoms with Crippen LogP contribution >= 0.6 is 0 Å². The lowest BCUT2D eigenvalue weighted by Gasteiger charge is -2.09. The molecule has 0 aliphatic carbocycles. The summed E-state index contributed by atoms with van der Waals surface area (Å²) in [7, 11) is 1.95. The molecule has 0 fully saturated rings. The Hall–Kier alpha value is -3.55. The molecule has 27 heavy (non-hydrogen) atoms. The quantitative estimate of drug-likeness (QED) is 0.578. The summed E-state index contributed by atoms with van der Waals surface area (Å²) in [4.78, 5) is 12.6. The van der Waals surface area contributed by atoms with Crippen molar-refractivity contribution in [3.05, 3.63) is 65.9 Å². The fourth-order valence-electron chi connectivity index (χ4n) is 2.86. The molecule has 2 aromatic carbocycles. The first kappa shape index (κ1) is 16.9.